The summed E-state index contributed by atoms with van der Waals surface area (Å²) in [6.45, 7) is 14.7. The van der Waals surface area contributed by atoms with Crippen LogP contribution in [0.1, 0.15) is 200 Å². The third-order valence-corrected chi connectivity index (χ3v) is 24.6. The van der Waals surface area contributed by atoms with Gasteiger partial charge in [-0.15, -0.1) is 0 Å². The first-order valence-corrected chi connectivity index (χ1v) is 48.1. The Bertz CT molecular complexity index is 6330. The summed E-state index contributed by atoms with van der Waals surface area (Å²) in [4.78, 5) is 115. The van der Waals surface area contributed by atoms with Gasteiger partial charge in [0.1, 0.15) is 87.1 Å². The van der Waals surface area contributed by atoms with Crippen LogP contribution in [0.3, 0.4) is 0 Å². The maximum absolute atomic E-state index is 14.6. The van der Waals surface area contributed by atoms with Crippen LogP contribution in [0.2, 0.25) is 0 Å². The minimum Gasteiger partial charge on any atom is -0.480 e. The van der Waals surface area contributed by atoms with Gasteiger partial charge < -0.3 is 86.0 Å². The lowest BCUT2D eigenvalue weighted by atomic mass is 9.91. The summed E-state index contributed by atoms with van der Waals surface area (Å²) in [6, 6.07) is 17.4. The molecular formula is C100H122BrF5N22O14. The van der Waals surface area contributed by atoms with E-state index < -0.39 is 11.2 Å². The van der Waals surface area contributed by atoms with Crippen LogP contribution in [0.4, 0.5) is 31.5 Å². The number of carbonyl (C=O) groups excluding carboxylic acids is 5. The van der Waals surface area contributed by atoms with E-state index in [9.17, 15) is 45.9 Å². The quantitative estimate of drug-likeness (QED) is 0.0188. The number of nitrogens with one attached hydrogen (secondary N) is 6. The van der Waals surface area contributed by atoms with E-state index in [0.717, 1.165) is 108 Å². The number of alkyl halides is 1. The van der Waals surface area contributed by atoms with Crippen LogP contribution in [0.15, 0.2) is 104 Å². The highest BCUT2D eigenvalue weighted by Crippen LogP contribution is 2.32. The number of alkyl carbamates (subject to hydrolysis) is 2. The van der Waals surface area contributed by atoms with Crippen LogP contribution in [-0.2, 0) is 63.4 Å². The molecular weight excluding hydrogens is 1910 g/mol. The van der Waals surface area contributed by atoms with Gasteiger partial charge in [0.15, 0.2) is 17.9 Å². The zero-order valence-electron chi connectivity index (χ0n) is 81.6. The minimum absolute atomic E-state index is 0.0206. The summed E-state index contributed by atoms with van der Waals surface area (Å²) in [5.74, 6) is 1.24. The van der Waals surface area contributed by atoms with Gasteiger partial charge in [0.2, 0.25) is 41.2 Å². The van der Waals surface area contributed by atoms with Crippen molar-refractivity contribution in [2.45, 2.75) is 255 Å². The lowest BCUT2D eigenvalue weighted by Gasteiger charge is -2.30. The van der Waals surface area contributed by atoms with Gasteiger partial charge in [0, 0.05) is 108 Å². The molecule has 0 unspecified atom stereocenters. The number of aldehydes is 1. The van der Waals surface area contributed by atoms with Gasteiger partial charge in [-0.2, -0.15) is 0 Å². The standard InChI is InChI=1S/C24H27FN6O3.C21H29FN4O3.C16H21FN4O.C11H22N2O2.C10H8BrFN2O.C10H9FN2O.C8H6N2O3/c1-33-22-12-28-20-7-6-19(25)18(23(20)31-22)11-27-15-4-2-14(3-5-15)26-9-16-10-29-24-21(30-16)8-17(32)13-34-24;1-21(2,3)29-20(27)25-14-7-5-13(6-8-14)23-11-15-16(22)9-10-17-19(15)26-18(28-4)12-24-17;1-22-15-9-20-14-7-6-13(17)12(16(14)21-15)8-19-11-4-2-10(18)3-5-11;1-11(2,3)15-10(14)13-9-6-4-8(12)5-7-9;1-15-9-5-13-8-3-2-7(12)6(4-11)10(8)14-9;1-6-7(11)3-4-8-10(6)13-9(14-2)5-12-8;11-3-5-2-9-8-7(10-5)1-6(12)4-13-8/h6-7,10,12,14-15,26-27H,2-5,8-9,11,13H2,1H3;9-10,12-14,23H,5-8,11H2,1-4H3,(H,25,27);6-7,9-11,19H,2-5,8,18H2,1H3;8-9H,4-7,12H2,1-3H3,(H,13,14);2-3,5H,4H2,1H3;3-5H,1-2H3;2-3H,1,4H2. The number of hydrogen-bond donors (Lipinski definition) is 8. The molecule has 2 amide bonds. The van der Waals surface area contributed by atoms with Crippen LogP contribution < -0.4 is 76.5 Å². The van der Waals surface area contributed by atoms with Crippen LogP contribution in [0, 0.1) is 36.0 Å². The molecule has 10 N–H and O–H groups in total. The van der Waals surface area contributed by atoms with Crippen molar-refractivity contribution in [2.24, 2.45) is 11.5 Å². The van der Waals surface area contributed by atoms with Gasteiger partial charge in [-0.1, -0.05) is 15.9 Å². The number of aryl methyl sites for hydroxylation is 1. The molecule has 0 radical (unpaired) electrons. The Morgan fingerprint density at radius 3 is 1.04 bits per heavy atom. The topological polar surface area (TPSA) is 473 Å². The van der Waals surface area contributed by atoms with Gasteiger partial charge >= 0.3 is 12.2 Å². The highest BCUT2D eigenvalue weighted by atomic mass is 79.9. The number of aromatic nitrogens is 14. The number of ketones is 2. The molecule has 4 fully saturated rings. The van der Waals surface area contributed by atoms with Crippen molar-refractivity contribution < 1.29 is 88.6 Å². The van der Waals surface area contributed by atoms with Crippen molar-refractivity contribution in [3.05, 3.63) is 184 Å². The number of amides is 2. The number of fused-ring (bicyclic) bond motifs is 7. The number of carbonyl (C=O) groups is 5. The molecule has 0 bridgehead atoms. The van der Waals surface area contributed by atoms with Crippen molar-refractivity contribution in [1.82, 2.24) is 102 Å². The number of Topliss-reactive ketones (excluding diaryl/α,β-unsaturated/α-hetero) is 2. The summed E-state index contributed by atoms with van der Waals surface area (Å²) >= 11 is 3.23. The molecule has 2 aliphatic heterocycles. The molecule has 42 heteroatoms. The van der Waals surface area contributed by atoms with Crippen molar-refractivity contribution in [2.75, 3.05) is 48.8 Å². The number of rotatable bonds is 21. The first-order chi connectivity index (χ1) is 68.1. The van der Waals surface area contributed by atoms with Crippen LogP contribution in [-0.4, -0.2) is 208 Å². The first-order valence-electron chi connectivity index (χ1n) is 47.0. The van der Waals surface area contributed by atoms with Crippen LogP contribution in [0.5, 0.6) is 41.2 Å². The number of benzene rings is 5. The van der Waals surface area contributed by atoms with Crippen molar-refractivity contribution in [3.63, 3.8) is 0 Å². The molecule has 758 valence electrons. The van der Waals surface area contributed by atoms with Crippen molar-refractivity contribution in [1.29, 1.82) is 0 Å². The zero-order valence-corrected chi connectivity index (χ0v) is 83.2. The molecule has 0 atom stereocenters. The molecule has 4 saturated carbocycles. The predicted molar refractivity (Wildman–Crippen MR) is 524 cm³/mol. The normalized spacial score (nSPS) is 18.6. The van der Waals surface area contributed by atoms with Crippen LogP contribution in [0.25, 0.3) is 55.2 Å². The summed E-state index contributed by atoms with van der Waals surface area (Å²) in [7, 11) is 7.57. The molecule has 9 heterocycles. The Hall–Kier alpha value is -13.0. The van der Waals surface area contributed by atoms with Crippen LogP contribution >= 0.6 is 15.9 Å². The van der Waals surface area contributed by atoms with Crippen molar-refractivity contribution in [3.8, 4) is 41.2 Å². The largest absolute Gasteiger partial charge is 0.480 e. The summed E-state index contributed by atoms with van der Waals surface area (Å²) in [5, 5.41) is 20.1. The Labute approximate surface area is 827 Å². The third-order valence-electron chi connectivity index (χ3n) is 24.0. The second kappa shape index (κ2) is 51.6. The van der Waals surface area contributed by atoms with Gasteiger partial charge in [-0.25, -0.2) is 101 Å². The Morgan fingerprint density at radius 1 is 0.394 bits per heavy atom. The fourth-order valence-corrected chi connectivity index (χ4v) is 16.9. The summed E-state index contributed by atoms with van der Waals surface area (Å²) in [5.41, 5.74) is 21.4. The van der Waals surface area contributed by atoms with Crippen molar-refractivity contribution >= 4 is 101 Å². The summed E-state index contributed by atoms with van der Waals surface area (Å²) < 4.78 is 116. The fraction of sp³-hybridized carbons (Fsp3) is 0.470. The molecule has 0 saturated heterocycles. The Morgan fingerprint density at radius 2 is 0.690 bits per heavy atom. The van der Waals surface area contributed by atoms with E-state index in [4.69, 9.17) is 54.1 Å². The predicted octanol–water partition coefficient (Wildman–Crippen LogP) is 14.4. The maximum atomic E-state index is 14.6. The average molecular weight is 2030 g/mol. The van der Waals surface area contributed by atoms with E-state index in [-0.39, 0.29) is 103 Å². The lowest BCUT2D eigenvalue weighted by Crippen LogP contribution is -2.43. The number of halogens is 6. The molecule has 4 aliphatic carbocycles. The van der Waals surface area contributed by atoms with Gasteiger partial charge in [0.05, 0.1) is 136 Å². The molecule has 12 aromatic rings. The SMILES string of the molecule is CC(C)(C)OC(=O)NC1CCC(N)CC1.COc1cnc2ccc(F)c(C)c2n1.COc1cnc2ccc(F)c(CBr)c2n1.COc1cnc2ccc(F)c(CNC3CCC(N)CC3)c2n1.COc1cnc2ccc(F)c(CNC3CCC(NC(=O)OC(C)(C)C)CC3)c2n1.COc1cnc2ccc(F)c(CNC3CCC(NCc4cnc5c(n4)CC(=O)CO5)CC3)c2n1.O=Cc1cnc2c(n1)CC(=O)CO2. The van der Waals surface area contributed by atoms with E-state index in [1.54, 1.807) is 49.6 Å². The second-order valence-corrected chi connectivity index (χ2v) is 37.3. The number of nitrogens with two attached hydrogens (primary N) is 2. The van der Waals surface area contributed by atoms with Gasteiger partial charge in [0.25, 0.3) is 0 Å². The molecule has 5 aromatic carbocycles. The molecule has 142 heavy (non-hydrogen) atoms. The minimum atomic E-state index is -0.503. The summed E-state index contributed by atoms with van der Waals surface area (Å²) in [6.07, 6.45) is 26.5. The fourth-order valence-electron chi connectivity index (χ4n) is 16.4. The highest BCUT2D eigenvalue weighted by molar-refractivity contribution is 9.08. The molecule has 6 aliphatic rings. The molecule has 18 rings (SSSR count). The Balaban J connectivity index is 0.000000153. The second-order valence-electron chi connectivity index (χ2n) is 36.7. The number of hydrogen-bond acceptors (Lipinski definition) is 34. The number of methoxy groups -OCH3 is 5. The first kappa shape index (κ1) is 108. The Kier molecular flexibility index (Phi) is 39.2. The van der Waals surface area contributed by atoms with E-state index >= 15 is 0 Å². The number of ether oxygens (including phenoxy) is 9. The van der Waals surface area contributed by atoms with E-state index in [1.165, 1.54) is 96.9 Å². The smallest absolute Gasteiger partial charge is 0.407 e. The highest BCUT2D eigenvalue weighted by Gasteiger charge is 2.30. The molecule has 36 nitrogen and oxygen atoms in total. The van der Waals surface area contributed by atoms with Gasteiger partial charge in [-0.3, -0.25) is 14.4 Å². The third kappa shape index (κ3) is 31.5. The maximum Gasteiger partial charge on any atom is 0.407 e. The van der Waals surface area contributed by atoms with E-state index in [2.05, 4.69) is 118 Å². The van der Waals surface area contributed by atoms with Gasteiger partial charge in [-0.05, 0) is 212 Å². The average Bonchev–Trinajstić information content (AvgIpc) is 0.827. The zero-order chi connectivity index (χ0) is 102. The lowest BCUT2D eigenvalue weighted by molar-refractivity contribution is -0.122. The number of nitrogens with zero attached hydrogens (tertiary/aromatic N) is 14. The molecule has 7 aromatic heterocycles. The van der Waals surface area contributed by atoms with E-state index in [1.807, 2.05) is 41.5 Å². The molecule has 0 spiro atoms. The monoisotopic (exact) mass is 2030 g/mol. The van der Waals surface area contributed by atoms with E-state index in [0.29, 0.717) is 204 Å².